The molecule has 0 heterocycles. The zero-order valence-electron chi connectivity index (χ0n) is 8.10. The highest BCUT2D eigenvalue weighted by Gasteiger charge is 2.06. The molecule has 0 bridgehead atoms. The Kier molecular flexibility index (Phi) is 3.77. The van der Waals surface area contributed by atoms with E-state index >= 15 is 0 Å². The quantitative estimate of drug-likeness (QED) is 0.769. The summed E-state index contributed by atoms with van der Waals surface area (Å²) in [5.74, 6) is 0.857. The van der Waals surface area contributed by atoms with Gasteiger partial charge >= 0.3 is 0 Å². The van der Waals surface area contributed by atoms with Crippen LogP contribution in [0.4, 0.5) is 0 Å². The van der Waals surface area contributed by atoms with Gasteiger partial charge in [0.15, 0.2) is 0 Å². The minimum Gasteiger partial charge on any atom is -0.491 e. The molecule has 1 N–H and O–H groups in total. The number of benzene rings is 1. The second-order valence-corrected chi connectivity index (χ2v) is 3.33. The van der Waals surface area contributed by atoms with Crippen LogP contribution in [0.25, 0.3) is 0 Å². The Morgan fingerprint density at radius 1 is 1.23 bits per heavy atom. The van der Waals surface area contributed by atoms with E-state index in [-0.39, 0.29) is 12.2 Å². The van der Waals surface area contributed by atoms with Gasteiger partial charge in [-0.25, -0.2) is 0 Å². The third-order valence-corrected chi connectivity index (χ3v) is 1.75. The fourth-order valence-corrected chi connectivity index (χ4v) is 1.26. The van der Waals surface area contributed by atoms with E-state index < -0.39 is 0 Å². The summed E-state index contributed by atoms with van der Waals surface area (Å²) in [6.07, 6.45) is 0.413. The Morgan fingerprint density at radius 2 is 1.85 bits per heavy atom. The van der Waals surface area contributed by atoms with Crippen LogP contribution in [0.1, 0.15) is 20.3 Å². The lowest BCUT2D eigenvalue weighted by molar-refractivity contribution is 0.115. The topological polar surface area (TPSA) is 29.5 Å². The van der Waals surface area contributed by atoms with E-state index in [4.69, 9.17) is 9.84 Å². The fourth-order valence-electron chi connectivity index (χ4n) is 1.26. The van der Waals surface area contributed by atoms with Gasteiger partial charge < -0.3 is 9.84 Å². The molecule has 2 unspecified atom stereocenters. The molecule has 0 saturated carbocycles. The summed E-state index contributed by atoms with van der Waals surface area (Å²) in [7, 11) is 0. The van der Waals surface area contributed by atoms with Crippen molar-refractivity contribution in [1.82, 2.24) is 0 Å². The van der Waals surface area contributed by atoms with Gasteiger partial charge in [0.25, 0.3) is 0 Å². The summed E-state index contributed by atoms with van der Waals surface area (Å²) < 4.78 is 5.57. The first-order valence-corrected chi connectivity index (χ1v) is 4.58. The summed E-state index contributed by atoms with van der Waals surface area (Å²) in [6, 6.07) is 9.65. The second-order valence-electron chi connectivity index (χ2n) is 3.33. The first-order valence-electron chi connectivity index (χ1n) is 4.58. The highest BCUT2D eigenvalue weighted by molar-refractivity contribution is 5.21. The number of rotatable bonds is 4. The molecule has 72 valence electrons. The maximum Gasteiger partial charge on any atom is 0.119 e. The van der Waals surface area contributed by atoms with Crippen LogP contribution in [0.2, 0.25) is 0 Å². The van der Waals surface area contributed by atoms with Crippen molar-refractivity contribution in [2.45, 2.75) is 32.5 Å². The first kappa shape index (κ1) is 10.1. The molecule has 0 aromatic heterocycles. The van der Waals surface area contributed by atoms with Gasteiger partial charge in [0.1, 0.15) is 5.75 Å². The second kappa shape index (κ2) is 4.87. The van der Waals surface area contributed by atoms with Crippen molar-refractivity contribution in [3.63, 3.8) is 0 Å². The number of ether oxygens (including phenoxy) is 1. The van der Waals surface area contributed by atoms with Gasteiger partial charge in [-0.3, -0.25) is 0 Å². The molecule has 1 rings (SSSR count). The van der Waals surface area contributed by atoms with E-state index in [0.29, 0.717) is 6.42 Å². The maximum absolute atomic E-state index is 9.12. The molecule has 0 fully saturated rings. The molecule has 0 radical (unpaired) electrons. The van der Waals surface area contributed by atoms with E-state index in [1.165, 1.54) is 0 Å². The van der Waals surface area contributed by atoms with Gasteiger partial charge in [0.05, 0.1) is 12.2 Å². The van der Waals surface area contributed by atoms with Gasteiger partial charge in [-0.15, -0.1) is 0 Å². The largest absolute Gasteiger partial charge is 0.491 e. The Labute approximate surface area is 79.2 Å². The molecule has 2 heteroatoms. The van der Waals surface area contributed by atoms with Crippen molar-refractivity contribution in [3.05, 3.63) is 30.3 Å². The Morgan fingerprint density at radius 3 is 2.38 bits per heavy atom. The van der Waals surface area contributed by atoms with Crippen molar-refractivity contribution >= 4 is 0 Å². The molecule has 0 saturated heterocycles. The van der Waals surface area contributed by atoms with Crippen LogP contribution in [0.3, 0.4) is 0 Å². The fraction of sp³-hybridized carbons (Fsp3) is 0.455. The van der Waals surface area contributed by atoms with Gasteiger partial charge in [-0.2, -0.15) is 0 Å². The van der Waals surface area contributed by atoms with Gasteiger partial charge in [-0.05, 0) is 26.0 Å². The van der Waals surface area contributed by atoms with E-state index in [0.717, 1.165) is 5.75 Å². The number of aliphatic hydroxyl groups is 1. The molecule has 1 aromatic rings. The lowest BCUT2D eigenvalue weighted by Gasteiger charge is -2.15. The molecule has 0 spiro atoms. The predicted molar refractivity (Wildman–Crippen MR) is 52.8 cm³/mol. The lowest BCUT2D eigenvalue weighted by atomic mass is 10.2. The minimum atomic E-state index is -0.307. The van der Waals surface area contributed by atoms with Crippen molar-refractivity contribution in [2.75, 3.05) is 0 Å². The molecule has 2 nitrogen and oxygen atoms in total. The molecular weight excluding hydrogens is 164 g/mol. The van der Waals surface area contributed by atoms with Crippen LogP contribution >= 0.6 is 0 Å². The summed E-state index contributed by atoms with van der Waals surface area (Å²) in [5, 5.41) is 9.12. The summed E-state index contributed by atoms with van der Waals surface area (Å²) in [5.41, 5.74) is 0. The van der Waals surface area contributed by atoms with Crippen molar-refractivity contribution in [3.8, 4) is 5.75 Å². The van der Waals surface area contributed by atoms with Crippen molar-refractivity contribution in [1.29, 1.82) is 0 Å². The van der Waals surface area contributed by atoms with E-state index in [2.05, 4.69) is 0 Å². The lowest BCUT2D eigenvalue weighted by Crippen LogP contribution is -2.18. The third-order valence-electron chi connectivity index (χ3n) is 1.75. The predicted octanol–water partition coefficient (Wildman–Crippen LogP) is 2.22. The van der Waals surface area contributed by atoms with Gasteiger partial charge in [0.2, 0.25) is 0 Å². The Hall–Kier alpha value is -1.02. The number of hydrogen-bond donors (Lipinski definition) is 1. The third kappa shape index (κ3) is 3.95. The molecule has 0 amide bonds. The van der Waals surface area contributed by atoms with E-state index in [9.17, 15) is 0 Å². The summed E-state index contributed by atoms with van der Waals surface area (Å²) in [4.78, 5) is 0. The van der Waals surface area contributed by atoms with Crippen LogP contribution in [-0.2, 0) is 0 Å². The first-order chi connectivity index (χ1) is 6.18. The molecule has 0 aliphatic carbocycles. The zero-order valence-corrected chi connectivity index (χ0v) is 8.10. The number of hydrogen-bond acceptors (Lipinski definition) is 2. The average Bonchev–Trinajstić information content (AvgIpc) is 2.04. The number of para-hydroxylation sites is 1. The highest BCUT2D eigenvalue weighted by Crippen LogP contribution is 2.12. The SMILES string of the molecule is CC(O)CC(C)Oc1ccccc1. The minimum absolute atomic E-state index is 0.0578. The standard InChI is InChI=1S/C11H16O2/c1-9(12)8-10(2)13-11-6-4-3-5-7-11/h3-7,9-10,12H,8H2,1-2H3. The Bertz CT molecular complexity index is 231. The monoisotopic (exact) mass is 180 g/mol. The van der Waals surface area contributed by atoms with Gasteiger partial charge in [-0.1, -0.05) is 18.2 Å². The molecule has 1 aromatic carbocycles. The molecule has 2 atom stereocenters. The Balaban J connectivity index is 2.41. The zero-order chi connectivity index (χ0) is 9.68. The van der Waals surface area contributed by atoms with Crippen molar-refractivity contribution in [2.24, 2.45) is 0 Å². The van der Waals surface area contributed by atoms with Crippen molar-refractivity contribution < 1.29 is 9.84 Å². The summed E-state index contributed by atoms with van der Waals surface area (Å²) in [6.45, 7) is 3.73. The van der Waals surface area contributed by atoms with Crippen LogP contribution in [-0.4, -0.2) is 17.3 Å². The van der Waals surface area contributed by atoms with Crippen LogP contribution < -0.4 is 4.74 Å². The maximum atomic E-state index is 9.12. The highest BCUT2D eigenvalue weighted by atomic mass is 16.5. The van der Waals surface area contributed by atoms with Gasteiger partial charge in [0, 0.05) is 6.42 Å². The molecule has 0 aliphatic rings. The van der Waals surface area contributed by atoms with Crippen LogP contribution in [0.15, 0.2) is 30.3 Å². The normalized spacial score (nSPS) is 15.0. The molecule has 0 aliphatic heterocycles. The van der Waals surface area contributed by atoms with Crippen LogP contribution in [0, 0.1) is 0 Å². The number of aliphatic hydroxyl groups excluding tert-OH is 1. The molecular formula is C11H16O2. The average molecular weight is 180 g/mol. The smallest absolute Gasteiger partial charge is 0.119 e. The molecule has 13 heavy (non-hydrogen) atoms. The van der Waals surface area contributed by atoms with E-state index in [1.807, 2.05) is 37.3 Å². The summed E-state index contributed by atoms with van der Waals surface area (Å²) >= 11 is 0. The van der Waals surface area contributed by atoms with E-state index in [1.54, 1.807) is 6.92 Å². The van der Waals surface area contributed by atoms with Crippen LogP contribution in [0.5, 0.6) is 5.75 Å².